The maximum atomic E-state index is 10.7. The van der Waals surface area contributed by atoms with E-state index in [2.05, 4.69) is 23.7 Å². The maximum Gasteiger partial charge on any atom is 0.129 e. The van der Waals surface area contributed by atoms with Gasteiger partial charge in [-0.05, 0) is 32.8 Å². The van der Waals surface area contributed by atoms with E-state index >= 15 is 0 Å². The van der Waals surface area contributed by atoms with Gasteiger partial charge in [-0.2, -0.15) is 0 Å². The van der Waals surface area contributed by atoms with Gasteiger partial charge < -0.3 is 15.0 Å². The van der Waals surface area contributed by atoms with Crippen LogP contribution in [0, 0.1) is 23.7 Å². The third kappa shape index (κ3) is 12.6. The van der Waals surface area contributed by atoms with Gasteiger partial charge in [0, 0.05) is 12.8 Å². The summed E-state index contributed by atoms with van der Waals surface area (Å²) in [5, 5.41) is 19.0. The molecule has 0 fully saturated rings. The number of ketones is 1. The number of allylic oxidation sites excluding steroid dienone is 3. The molecule has 2 atom stereocenters. The monoisotopic (exact) mass is 274 g/mol. The summed E-state index contributed by atoms with van der Waals surface area (Å²) in [5.74, 6) is 11.0. The van der Waals surface area contributed by atoms with Crippen molar-refractivity contribution < 1.29 is 15.0 Å². The fourth-order valence-corrected chi connectivity index (χ4v) is 1.33. The van der Waals surface area contributed by atoms with Gasteiger partial charge in [0.1, 0.15) is 11.9 Å². The van der Waals surface area contributed by atoms with Crippen molar-refractivity contribution in [1.82, 2.24) is 0 Å². The van der Waals surface area contributed by atoms with Crippen molar-refractivity contribution in [2.45, 2.75) is 51.7 Å². The molecule has 0 aromatic heterocycles. The van der Waals surface area contributed by atoms with Crippen LogP contribution in [0.2, 0.25) is 0 Å². The minimum Gasteiger partial charge on any atom is -0.388 e. The molecular weight excluding hydrogens is 252 g/mol. The van der Waals surface area contributed by atoms with Crippen molar-refractivity contribution in [3.8, 4) is 23.7 Å². The highest BCUT2D eigenvalue weighted by molar-refractivity contribution is 5.75. The van der Waals surface area contributed by atoms with Crippen LogP contribution in [0.3, 0.4) is 0 Å². The number of aliphatic hydroxyl groups excluding tert-OH is 2. The van der Waals surface area contributed by atoms with Gasteiger partial charge in [0.25, 0.3) is 0 Å². The molecule has 0 saturated carbocycles. The van der Waals surface area contributed by atoms with Crippen molar-refractivity contribution in [3.05, 3.63) is 24.3 Å². The Hall–Kier alpha value is -1.81. The Balaban J connectivity index is 3.93. The fraction of sp³-hybridized carbons (Fsp3) is 0.471. The second-order valence-corrected chi connectivity index (χ2v) is 4.34. The van der Waals surface area contributed by atoms with Gasteiger partial charge in [-0.15, -0.1) is 11.8 Å². The first-order valence-electron chi connectivity index (χ1n) is 6.65. The number of hydrogen-bond acceptors (Lipinski definition) is 3. The SMILES string of the molecule is CC#CC[C@@H](O)/C=C/C=C/C#C[C@@H](O)CCCC(C)=O. The summed E-state index contributed by atoms with van der Waals surface area (Å²) in [6.07, 6.45) is 7.40. The Bertz CT molecular complexity index is 452. The lowest BCUT2D eigenvalue weighted by molar-refractivity contribution is -0.117. The van der Waals surface area contributed by atoms with Gasteiger partial charge >= 0.3 is 0 Å². The van der Waals surface area contributed by atoms with Gasteiger partial charge in [-0.25, -0.2) is 0 Å². The molecule has 0 radical (unpaired) electrons. The van der Waals surface area contributed by atoms with Crippen LogP contribution >= 0.6 is 0 Å². The largest absolute Gasteiger partial charge is 0.388 e. The molecule has 3 heteroatoms. The number of carbonyl (C=O) groups excluding carboxylic acids is 1. The van der Waals surface area contributed by atoms with Crippen LogP contribution in [0.1, 0.15) is 39.5 Å². The van der Waals surface area contributed by atoms with Crippen molar-refractivity contribution in [2.75, 3.05) is 0 Å². The van der Waals surface area contributed by atoms with Crippen LogP contribution in [-0.4, -0.2) is 28.2 Å². The van der Waals surface area contributed by atoms with Crippen LogP contribution in [0.25, 0.3) is 0 Å². The van der Waals surface area contributed by atoms with E-state index in [1.54, 1.807) is 31.2 Å². The minimum absolute atomic E-state index is 0.126. The second kappa shape index (κ2) is 12.2. The Morgan fingerprint density at radius 2 is 2.05 bits per heavy atom. The molecule has 0 aliphatic carbocycles. The molecule has 20 heavy (non-hydrogen) atoms. The molecule has 0 spiro atoms. The van der Waals surface area contributed by atoms with Crippen LogP contribution in [-0.2, 0) is 4.79 Å². The Labute approximate surface area is 121 Å². The molecule has 0 amide bonds. The van der Waals surface area contributed by atoms with Crippen molar-refractivity contribution in [2.24, 2.45) is 0 Å². The van der Waals surface area contributed by atoms with E-state index in [4.69, 9.17) is 0 Å². The summed E-state index contributed by atoms with van der Waals surface area (Å²) in [4.78, 5) is 10.7. The molecule has 0 rings (SSSR count). The smallest absolute Gasteiger partial charge is 0.129 e. The molecule has 0 bridgehead atoms. The number of rotatable bonds is 7. The molecule has 0 aliphatic rings. The standard InChI is InChI=1S/C17H22O3/c1-3-4-11-16(19)12-7-5-6-8-13-17(20)14-9-10-15(2)18/h5-7,12,16-17,19-20H,9-11,14H2,1-2H3/b6-5+,12-7+/t16-,17-/m1/s1. The summed E-state index contributed by atoms with van der Waals surface area (Å²) in [5.41, 5.74) is 0. The van der Waals surface area contributed by atoms with Crippen LogP contribution < -0.4 is 0 Å². The first-order chi connectivity index (χ1) is 9.56. The molecule has 0 aliphatic heterocycles. The maximum absolute atomic E-state index is 10.7. The van der Waals surface area contributed by atoms with E-state index in [1.807, 2.05) is 0 Å². The number of hydrogen-bond donors (Lipinski definition) is 2. The van der Waals surface area contributed by atoms with E-state index < -0.39 is 12.2 Å². The molecule has 0 unspecified atom stereocenters. The van der Waals surface area contributed by atoms with Gasteiger partial charge in [0.2, 0.25) is 0 Å². The van der Waals surface area contributed by atoms with Gasteiger partial charge in [-0.3, -0.25) is 0 Å². The third-order valence-electron chi connectivity index (χ3n) is 2.37. The lowest BCUT2D eigenvalue weighted by atomic mass is 10.1. The molecule has 0 saturated heterocycles. The zero-order chi connectivity index (χ0) is 15.2. The van der Waals surface area contributed by atoms with Crippen molar-refractivity contribution in [3.63, 3.8) is 0 Å². The molecule has 108 valence electrons. The zero-order valence-electron chi connectivity index (χ0n) is 12.1. The summed E-state index contributed by atoms with van der Waals surface area (Å²) < 4.78 is 0. The van der Waals surface area contributed by atoms with Gasteiger partial charge in [0.05, 0.1) is 6.10 Å². The predicted octanol–water partition coefficient (Wildman–Crippen LogP) is 2.00. The Morgan fingerprint density at radius 1 is 1.30 bits per heavy atom. The van der Waals surface area contributed by atoms with Crippen LogP contribution in [0.4, 0.5) is 0 Å². The Kier molecular flexibility index (Phi) is 11.1. The fourth-order valence-electron chi connectivity index (χ4n) is 1.33. The van der Waals surface area contributed by atoms with Crippen molar-refractivity contribution in [1.29, 1.82) is 0 Å². The zero-order valence-corrected chi connectivity index (χ0v) is 12.1. The van der Waals surface area contributed by atoms with E-state index in [0.29, 0.717) is 25.7 Å². The molecule has 0 aromatic carbocycles. The van der Waals surface area contributed by atoms with Crippen LogP contribution in [0.5, 0.6) is 0 Å². The average Bonchev–Trinajstić information content (AvgIpc) is 2.39. The summed E-state index contributed by atoms with van der Waals surface area (Å²) in [6.45, 7) is 3.27. The molecule has 0 heterocycles. The van der Waals surface area contributed by atoms with Gasteiger partial charge in [-0.1, -0.05) is 30.1 Å². The normalized spacial score (nSPS) is 13.4. The number of carbonyl (C=O) groups is 1. The van der Waals surface area contributed by atoms with E-state index in [9.17, 15) is 15.0 Å². The number of Topliss-reactive ketones (excluding diaryl/α,β-unsaturated/α-hetero) is 1. The van der Waals surface area contributed by atoms with Gasteiger partial charge in [0.15, 0.2) is 0 Å². The van der Waals surface area contributed by atoms with Crippen molar-refractivity contribution >= 4 is 5.78 Å². The number of aliphatic hydroxyl groups is 2. The molecule has 0 aromatic rings. The van der Waals surface area contributed by atoms with E-state index in [1.165, 1.54) is 6.92 Å². The predicted molar refractivity (Wildman–Crippen MR) is 80.7 cm³/mol. The quantitative estimate of drug-likeness (QED) is 0.551. The Morgan fingerprint density at radius 3 is 2.70 bits per heavy atom. The second-order valence-electron chi connectivity index (χ2n) is 4.34. The third-order valence-corrected chi connectivity index (χ3v) is 2.37. The highest BCUT2D eigenvalue weighted by Crippen LogP contribution is 2.00. The summed E-state index contributed by atoms with van der Waals surface area (Å²) in [7, 11) is 0. The van der Waals surface area contributed by atoms with E-state index in [0.717, 1.165) is 0 Å². The highest BCUT2D eigenvalue weighted by atomic mass is 16.3. The molecular formula is C17H22O3. The molecule has 3 nitrogen and oxygen atoms in total. The highest BCUT2D eigenvalue weighted by Gasteiger charge is 1.99. The summed E-state index contributed by atoms with van der Waals surface area (Å²) in [6, 6.07) is 0. The van der Waals surface area contributed by atoms with E-state index in [-0.39, 0.29) is 5.78 Å². The average molecular weight is 274 g/mol. The lowest BCUT2D eigenvalue weighted by Crippen LogP contribution is -2.03. The lowest BCUT2D eigenvalue weighted by Gasteiger charge is -2.00. The first kappa shape index (κ1) is 18.2. The minimum atomic E-state index is -0.701. The van der Waals surface area contributed by atoms with Crippen LogP contribution in [0.15, 0.2) is 24.3 Å². The summed E-state index contributed by atoms with van der Waals surface area (Å²) >= 11 is 0. The first-order valence-corrected chi connectivity index (χ1v) is 6.65. The topological polar surface area (TPSA) is 57.5 Å². The molecule has 2 N–H and O–H groups in total.